The molecule has 0 unspecified atom stereocenters. The Morgan fingerprint density at radius 2 is 1.02 bits per heavy atom. The Kier molecular flexibility index (Phi) is 6.21. The summed E-state index contributed by atoms with van der Waals surface area (Å²) < 4.78 is 2.65. The zero-order valence-electron chi connectivity index (χ0n) is 28.8. The van der Waals surface area contributed by atoms with E-state index in [9.17, 15) is 0 Å². The highest BCUT2D eigenvalue weighted by Crippen LogP contribution is 2.56. The van der Waals surface area contributed by atoms with Crippen molar-refractivity contribution in [2.45, 2.75) is 38.5 Å². The highest BCUT2D eigenvalue weighted by Gasteiger charge is 2.39. The van der Waals surface area contributed by atoms with E-state index in [4.69, 9.17) is 0 Å². The summed E-state index contributed by atoms with van der Waals surface area (Å²) in [5, 5.41) is 2.64. The van der Waals surface area contributed by atoms with Gasteiger partial charge in [0, 0.05) is 47.8 Å². The molecule has 1 nitrogen and oxygen atoms in total. The van der Waals surface area contributed by atoms with Crippen LogP contribution >= 0.6 is 11.3 Å². The summed E-state index contributed by atoms with van der Waals surface area (Å²) in [5.41, 5.74) is 16.7. The molecule has 2 aliphatic rings. The Morgan fingerprint density at radius 1 is 0.420 bits per heavy atom. The van der Waals surface area contributed by atoms with E-state index in [-0.39, 0.29) is 10.8 Å². The van der Waals surface area contributed by atoms with Crippen molar-refractivity contribution in [2.24, 2.45) is 0 Å². The molecule has 0 aliphatic heterocycles. The van der Waals surface area contributed by atoms with Crippen LogP contribution in [-0.4, -0.2) is 0 Å². The third-order valence-corrected chi connectivity index (χ3v) is 12.6. The molecule has 7 aromatic carbocycles. The smallest absolute Gasteiger partial charge is 0.0543 e. The maximum Gasteiger partial charge on any atom is 0.0543 e. The van der Waals surface area contributed by atoms with E-state index in [0.717, 1.165) is 0 Å². The van der Waals surface area contributed by atoms with Gasteiger partial charge in [0.15, 0.2) is 0 Å². The molecule has 0 spiro atoms. The first-order valence-corrected chi connectivity index (χ1v) is 18.4. The van der Waals surface area contributed by atoms with Gasteiger partial charge in [0.2, 0.25) is 0 Å². The lowest BCUT2D eigenvalue weighted by Crippen LogP contribution is -2.18. The lowest BCUT2D eigenvalue weighted by atomic mass is 9.82. The molecule has 10 rings (SSSR count). The first kappa shape index (κ1) is 29.5. The largest absolute Gasteiger partial charge is 0.309 e. The van der Waals surface area contributed by atoms with Crippen LogP contribution in [-0.2, 0) is 10.8 Å². The number of hydrogen-bond acceptors (Lipinski definition) is 2. The number of hydrogen-bond donors (Lipinski definition) is 0. The maximum atomic E-state index is 2.54. The van der Waals surface area contributed by atoms with Gasteiger partial charge in [0.05, 0.1) is 11.4 Å². The van der Waals surface area contributed by atoms with Crippen molar-refractivity contribution in [2.75, 3.05) is 4.90 Å². The molecule has 2 aliphatic carbocycles. The van der Waals surface area contributed by atoms with Crippen LogP contribution in [0.3, 0.4) is 0 Å². The number of benzene rings is 7. The van der Waals surface area contributed by atoms with Crippen molar-refractivity contribution in [3.05, 3.63) is 174 Å². The Balaban J connectivity index is 1.25. The van der Waals surface area contributed by atoms with Gasteiger partial charge in [-0.3, -0.25) is 0 Å². The molecule has 0 fully saturated rings. The van der Waals surface area contributed by atoms with Crippen LogP contribution in [0.2, 0.25) is 0 Å². The maximum absolute atomic E-state index is 2.54. The second kappa shape index (κ2) is 10.5. The van der Waals surface area contributed by atoms with Crippen molar-refractivity contribution >= 4 is 48.6 Å². The number of thiophene rings is 1. The lowest BCUT2D eigenvalue weighted by molar-refractivity contribution is 0.660. The fourth-order valence-electron chi connectivity index (χ4n) is 8.97. The van der Waals surface area contributed by atoms with Gasteiger partial charge in [-0.2, -0.15) is 0 Å². The molecule has 0 amide bonds. The summed E-state index contributed by atoms with van der Waals surface area (Å²) in [4.78, 5) is 2.54. The lowest BCUT2D eigenvalue weighted by Gasteiger charge is -2.32. The van der Waals surface area contributed by atoms with Gasteiger partial charge >= 0.3 is 0 Å². The molecule has 0 saturated heterocycles. The molecule has 8 aromatic rings. The second-order valence-electron chi connectivity index (χ2n) is 14.9. The normalized spacial score (nSPS) is 14.7. The van der Waals surface area contributed by atoms with Crippen LogP contribution < -0.4 is 4.90 Å². The van der Waals surface area contributed by atoms with Gasteiger partial charge in [0.25, 0.3) is 0 Å². The molecule has 1 heterocycles. The number of fused-ring (bicyclic) bond motifs is 9. The highest BCUT2D eigenvalue weighted by molar-refractivity contribution is 7.25. The van der Waals surface area contributed by atoms with E-state index < -0.39 is 0 Å². The van der Waals surface area contributed by atoms with Crippen molar-refractivity contribution in [1.82, 2.24) is 0 Å². The third-order valence-electron chi connectivity index (χ3n) is 11.5. The molecule has 0 atom stereocenters. The molecule has 2 heteroatoms. The quantitative estimate of drug-likeness (QED) is 0.182. The minimum atomic E-state index is -0.106. The summed E-state index contributed by atoms with van der Waals surface area (Å²) in [7, 11) is 0. The molecule has 0 bridgehead atoms. The third kappa shape index (κ3) is 4.06. The van der Waals surface area contributed by atoms with Gasteiger partial charge in [-0.1, -0.05) is 137 Å². The van der Waals surface area contributed by atoms with Gasteiger partial charge in [-0.25, -0.2) is 0 Å². The van der Waals surface area contributed by atoms with E-state index in [1.54, 1.807) is 0 Å². The highest BCUT2D eigenvalue weighted by atomic mass is 32.1. The monoisotopic (exact) mass is 659 g/mol. The van der Waals surface area contributed by atoms with Crippen molar-refractivity contribution in [3.8, 4) is 33.4 Å². The number of anilines is 3. The van der Waals surface area contributed by atoms with Crippen molar-refractivity contribution in [3.63, 3.8) is 0 Å². The number of para-hydroxylation sites is 1. The molecule has 0 N–H and O–H groups in total. The Hall–Kier alpha value is -5.44. The Bertz CT molecular complexity index is 2670. The van der Waals surface area contributed by atoms with Crippen LogP contribution in [0, 0.1) is 0 Å². The zero-order chi connectivity index (χ0) is 33.8. The number of nitrogens with zero attached hydrogens (tertiary/aromatic N) is 1. The van der Waals surface area contributed by atoms with Gasteiger partial charge < -0.3 is 4.90 Å². The van der Waals surface area contributed by atoms with Gasteiger partial charge in [-0.15, -0.1) is 11.3 Å². The Labute approximate surface area is 298 Å². The molecule has 240 valence electrons. The average molecular weight is 660 g/mol. The van der Waals surface area contributed by atoms with Crippen molar-refractivity contribution < 1.29 is 0 Å². The van der Waals surface area contributed by atoms with E-state index >= 15 is 0 Å². The first-order valence-electron chi connectivity index (χ1n) is 17.6. The summed E-state index contributed by atoms with van der Waals surface area (Å²) >= 11 is 1.87. The van der Waals surface area contributed by atoms with Gasteiger partial charge in [-0.05, 0) is 87.0 Å². The SMILES string of the molecule is CC1(C)c2ccccc2-c2ccc(N(c3ccccc3-c3ccc4sc5ccccc5c4c3)c3cccc4c3-c3ccccc3C4(C)C)cc21. The summed E-state index contributed by atoms with van der Waals surface area (Å²) in [6.07, 6.45) is 0. The van der Waals surface area contributed by atoms with E-state index in [1.165, 1.54) is 92.9 Å². The second-order valence-corrected chi connectivity index (χ2v) is 16.0. The van der Waals surface area contributed by atoms with E-state index in [0.29, 0.717) is 0 Å². The standard InChI is InChI=1S/C48H37NS/c1-47(2)39-19-10-6-17-36(39)46-40(47)20-13-22-43(46)49(31-25-26-34-33-15-5-9-18-38(33)48(3,4)41(34)29-31)42-21-11-7-14-32(42)30-24-27-45-37(28-30)35-16-8-12-23-44(35)50-45/h5-29H,1-4H3. The Morgan fingerprint density at radius 3 is 1.86 bits per heavy atom. The van der Waals surface area contributed by atoms with Crippen molar-refractivity contribution in [1.29, 1.82) is 0 Å². The van der Waals surface area contributed by atoms with Crippen LogP contribution in [0.25, 0.3) is 53.6 Å². The zero-order valence-corrected chi connectivity index (χ0v) is 29.6. The minimum absolute atomic E-state index is 0.0975. The predicted molar refractivity (Wildman–Crippen MR) is 215 cm³/mol. The fourth-order valence-corrected chi connectivity index (χ4v) is 10.1. The molecular weight excluding hydrogens is 623 g/mol. The van der Waals surface area contributed by atoms with E-state index in [2.05, 4.69) is 184 Å². The van der Waals surface area contributed by atoms with Crippen LogP contribution in [0.15, 0.2) is 152 Å². The van der Waals surface area contributed by atoms with Crippen LogP contribution in [0.4, 0.5) is 17.1 Å². The summed E-state index contributed by atoms with van der Waals surface area (Å²) in [6.45, 7) is 9.49. The minimum Gasteiger partial charge on any atom is -0.309 e. The molecule has 0 radical (unpaired) electrons. The number of rotatable bonds is 4. The van der Waals surface area contributed by atoms with E-state index in [1.807, 2.05) is 11.3 Å². The summed E-state index contributed by atoms with van der Waals surface area (Å²) in [6, 6.07) is 56.8. The average Bonchev–Trinajstić information content (AvgIpc) is 3.72. The predicted octanol–water partition coefficient (Wildman–Crippen LogP) is 13.8. The van der Waals surface area contributed by atoms with Crippen LogP contribution in [0.1, 0.15) is 49.9 Å². The fraction of sp³-hybridized carbons (Fsp3) is 0.125. The molecular formula is C48H37NS. The molecule has 50 heavy (non-hydrogen) atoms. The molecule has 0 saturated carbocycles. The topological polar surface area (TPSA) is 3.24 Å². The summed E-state index contributed by atoms with van der Waals surface area (Å²) in [5.74, 6) is 0. The molecule has 1 aromatic heterocycles. The first-order chi connectivity index (χ1) is 24.3. The van der Waals surface area contributed by atoms with Crippen LogP contribution in [0.5, 0.6) is 0 Å². The van der Waals surface area contributed by atoms with Gasteiger partial charge in [0.1, 0.15) is 0 Å².